The fraction of sp³-hybridized carbons (Fsp3) is 0.0556. The van der Waals surface area contributed by atoms with E-state index in [1.807, 2.05) is 42.7 Å². The number of alkyl halides is 3. The number of hydrogen-bond acceptors (Lipinski definition) is 4. The van der Waals surface area contributed by atoms with Gasteiger partial charge in [-0.25, -0.2) is 8.78 Å². The highest BCUT2D eigenvalue weighted by molar-refractivity contribution is 6.21. The lowest BCUT2D eigenvalue weighted by Gasteiger charge is -2.10. The maximum atomic E-state index is 14.0. The average Bonchev–Trinajstić information content (AvgIpc) is 3.48. The predicted molar refractivity (Wildman–Crippen MR) is 162 cm³/mol. The summed E-state index contributed by atoms with van der Waals surface area (Å²) >= 11 is 0. The molecule has 0 heterocycles. The van der Waals surface area contributed by atoms with Crippen LogP contribution < -0.4 is 10.7 Å². The van der Waals surface area contributed by atoms with Gasteiger partial charge in [0.1, 0.15) is 11.6 Å². The zero-order valence-corrected chi connectivity index (χ0v) is 23.3. The zero-order chi connectivity index (χ0) is 31.6. The summed E-state index contributed by atoms with van der Waals surface area (Å²) in [5, 5.41) is 25.5. The molecule has 0 unspecified atom stereocenters. The Morgan fingerprint density at radius 2 is 0.933 bits per heavy atom. The van der Waals surface area contributed by atoms with Crippen molar-refractivity contribution in [3.05, 3.63) is 118 Å². The second kappa shape index (κ2) is 10.1. The Morgan fingerprint density at radius 3 is 1.40 bits per heavy atom. The number of benzene rings is 5. The molecule has 7 aromatic carbocycles. The third kappa shape index (κ3) is 4.40. The van der Waals surface area contributed by atoms with E-state index in [0.717, 1.165) is 39.4 Å². The molecule has 4 nitrogen and oxygen atoms in total. The highest BCUT2D eigenvalue weighted by atomic mass is 19.4. The molecule has 0 radical (unpaired) electrons. The summed E-state index contributed by atoms with van der Waals surface area (Å²) in [6, 6.07) is 22.1. The smallest absolute Gasteiger partial charge is 0.207 e. The summed E-state index contributed by atoms with van der Waals surface area (Å²) in [4.78, 5) is 8.24. The summed E-state index contributed by atoms with van der Waals surface area (Å²) in [7, 11) is 0. The molecule has 0 N–H and O–H groups in total. The van der Waals surface area contributed by atoms with Crippen LogP contribution in [0.1, 0.15) is 11.1 Å². The van der Waals surface area contributed by atoms with Crippen molar-refractivity contribution in [2.45, 2.75) is 13.1 Å². The van der Waals surface area contributed by atoms with Crippen molar-refractivity contribution < 1.29 is 22.0 Å². The minimum atomic E-state index is -4.86. The molecule has 7 aromatic rings. The van der Waals surface area contributed by atoms with E-state index in [4.69, 9.17) is 0 Å². The first-order chi connectivity index (χ1) is 21.6. The highest BCUT2D eigenvalue weighted by Gasteiger charge is 2.34. The normalized spacial score (nSPS) is 12.9. The van der Waals surface area contributed by atoms with Crippen LogP contribution in [-0.2, 0) is 6.18 Å². The second-order valence-electron chi connectivity index (χ2n) is 10.7. The van der Waals surface area contributed by atoms with E-state index in [1.165, 1.54) is 12.1 Å². The van der Waals surface area contributed by atoms with E-state index < -0.39 is 17.6 Å². The summed E-state index contributed by atoms with van der Waals surface area (Å²) < 4.78 is 68.1. The molecule has 0 aliphatic rings. The van der Waals surface area contributed by atoms with Crippen molar-refractivity contribution in [3.8, 4) is 34.6 Å². The van der Waals surface area contributed by atoms with E-state index in [2.05, 4.69) is 9.98 Å². The maximum Gasteiger partial charge on any atom is 0.419 e. The van der Waals surface area contributed by atoms with E-state index in [9.17, 15) is 32.5 Å². The first-order valence-electron chi connectivity index (χ1n) is 13.6. The largest absolute Gasteiger partial charge is 0.419 e. The average molecular weight is 601 g/mol. The molecule has 216 valence electrons. The van der Waals surface area contributed by atoms with Crippen molar-refractivity contribution in [1.82, 2.24) is 0 Å². The third-order valence-corrected chi connectivity index (χ3v) is 8.22. The number of nitriles is 2. The van der Waals surface area contributed by atoms with Gasteiger partial charge < -0.3 is 0 Å². The highest BCUT2D eigenvalue weighted by Crippen LogP contribution is 2.37. The molecule has 0 atom stereocenters. The van der Waals surface area contributed by atoms with Crippen LogP contribution in [0.4, 0.5) is 22.0 Å². The lowest BCUT2D eigenvalue weighted by molar-refractivity contribution is -0.139. The molecule has 45 heavy (non-hydrogen) atoms. The summed E-state index contributed by atoms with van der Waals surface area (Å²) in [6.07, 6.45) is -1.14. The van der Waals surface area contributed by atoms with Gasteiger partial charge in [0, 0.05) is 21.5 Å². The van der Waals surface area contributed by atoms with Crippen LogP contribution in [0.15, 0.2) is 94.9 Å². The SMILES string of the molecule is Cc1cc(-c2ccc3c(c2)c(=NC#N)c2cc4c(cc23)c(=NC#N)c2cc(-c3ccc(F)c(C(F)(F)F)c3)ccc24)ccc1F. The molecular weight excluding hydrogens is 583 g/mol. The summed E-state index contributed by atoms with van der Waals surface area (Å²) in [5.41, 5.74) is 1.32. The molecule has 0 saturated heterocycles. The van der Waals surface area contributed by atoms with E-state index in [1.54, 1.807) is 37.3 Å². The molecule has 0 saturated carbocycles. The molecule has 0 aliphatic carbocycles. The van der Waals surface area contributed by atoms with Crippen molar-refractivity contribution in [2.75, 3.05) is 0 Å². The molecule has 0 aromatic heterocycles. The van der Waals surface area contributed by atoms with Gasteiger partial charge in [-0.1, -0.05) is 36.4 Å². The third-order valence-electron chi connectivity index (χ3n) is 8.22. The fourth-order valence-corrected chi connectivity index (χ4v) is 6.12. The Bertz CT molecular complexity index is 2590. The van der Waals surface area contributed by atoms with Crippen molar-refractivity contribution in [2.24, 2.45) is 9.98 Å². The van der Waals surface area contributed by atoms with Crippen LogP contribution in [0, 0.1) is 41.5 Å². The van der Waals surface area contributed by atoms with E-state index in [0.29, 0.717) is 48.8 Å². The zero-order valence-electron chi connectivity index (χ0n) is 23.3. The van der Waals surface area contributed by atoms with Crippen molar-refractivity contribution in [3.63, 3.8) is 0 Å². The Hall–Kier alpha value is -5.93. The number of aryl methyl sites for hydroxylation is 1. The summed E-state index contributed by atoms with van der Waals surface area (Å²) in [6.45, 7) is 1.69. The second-order valence-corrected chi connectivity index (χ2v) is 10.7. The van der Waals surface area contributed by atoms with Gasteiger partial charge in [-0.2, -0.15) is 33.7 Å². The van der Waals surface area contributed by atoms with Gasteiger partial charge in [0.25, 0.3) is 0 Å². The van der Waals surface area contributed by atoms with Gasteiger partial charge in [0.05, 0.1) is 16.3 Å². The lowest BCUT2D eigenvalue weighted by atomic mass is 10.00. The number of fused-ring (bicyclic) bond motifs is 6. The fourth-order valence-electron chi connectivity index (χ4n) is 6.12. The van der Waals surface area contributed by atoms with Crippen LogP contribution in [0.2, 0.25) is 0 Å². The quantitative estimate of drug-likeness (QED) is 0.147. The van der Waals surface area contributed by atoms with Crippen LogP contribution in [0.3, 0.4) is 0 Å². The molecular formula is C36H17F5N4. The van der Waals surface area contributed by atoms with Crippen LogP contribution in [-0.4, -0.2) is 0 Å². The standard InChI is InChI=1S/C36H17F5N4/c1-18-10-19(4-8-32(18)37)20-2-6-23-25-14-30-26(15-29(25)34(44-16-42)27(23)11-20)24-7-3-21(12-28(24)35(30)45-17-43)22-5-9-33(38)31(13-22)36(39,40)41/h2-15H,1H3. The van der Waals surface area contributed by atoms with Crippen LogP contribution in [0.5, 0.6) is 0 Å². The molecule has 0 bridgehead atoms. The Kier molecular flexibility index (Phi) is 6.24. The minimum absolute atomic E-state index is 0.158. The van der Waals surface area contributed by atoms with Crippen molar-refractivity contribution >= 4 is 43.1 Å². The lowest BCUT2D eigenvalue weighted by Crippen LogP contribution is -2.08. The molecule has 0 amide bonds. The number of hydrogen-bond donors (Lipinski definition) is 0. The molecule has 0 aliphatic heterocycles. The van der Waals surface area contributed by atoms with Gasteiger partial charge >= 0.3 is 6.18 Å². The van der Waals surface area contributed by atoms with Gasteiger partial charge in [0.2, 0.25) is 12.4 Å². The topological polar surface area (TPSA) is 72.3 Å². The number of rotatable bonds is 2. The first-order valence-corrected chi connectivity index (χ1v) is 13.6. The Labute approximate surface area is 251 Å². The molecule has 7 rings (SSSR count). The monoisotopic (exact) mass is 600 g/mol. The van der Waals surface area contributed by atoms with Crippen LogP contribution >= 0.6 is 0 Å². The van der Waals surface area contributed by atoms with Crippen LogP contribution in [0.25, 0.3) is 65.3 Å². The Morgan fingerprint density at radius 1 is 0.511 bits per heavy atom. The van der Waals surface area contributed by atoms with Gasteiger partial charge in [-0.05, 0) is 105 Å². The molecule has 9 heteroatoms. The summed E-state index contributed by atoms with van der Waals surface area (Å²) in [5.74, 6) is -1.67. The maximum absolute atomic E-state index is 14.0. The predicted octanol–water partition coefficient (Wildman–Crippen LogP) is 8.88. The minimum Gasteiger partial charge on any atom is -0.207 e. The molecule has 0 spiro atoms. The first kappa shape index (κ1) is 27.9. The number of halogens is 5. The number of nitrogens with zero attached hydrogens (tertiary/aromatic N) is 4. The Balaban J connectivity index is 1.50. The van der Waals surface area contributed by atoms with Gasteiger partial charge in [0.15, 0.2) is 0 Å². The molecule has 0 fully saturated rings. The van der Waals surface area contributed by atoms with Crippen molar-refractivity contribution in [1.29, 1.82) is 10.5 Å². The van der Waals surface area contributed by atoms with E-state index >= 15 is 0 Å². The van der Waals surface area contributed by atoms with E-state index in [-0.39, 0.29) is 11.4 Å². The van der Waals surface area contributed by atoms with Gasteiger partial charge in [-0.3, -0.25) is 0 Å². The van der Waals surface area contributed by atoms with Gasteiger partial charge in [-0.15, -0.1) is 0 Å².